The highest BCUT2D eigenvalue weighted by Crippen LogP contribution is 2.25. The molecule has 2 rings (SSSR count). The van der Waals surface area contributed by atoms with E-state index < -0.39 is 4.92 Å². The van der Waals surface area contributed by atoms with E-state index in [1.807, 2.05) is 6.07 Å². The summed E-state index contributed by atoms with van der Waals surface area (Å²) in [5.74, 6) is 0. The molecule has 106 valence electrons. The highest BCUT2D eigenvalue weighted by atomic mass is 35.5. The second-order valence-electron chi connectivity index (χ2n) is 4.63. The van der Waals surface area contributed by atoms with Gasteiger partial charge in [-0.1, -0.05) is 17.7 Å². The van der Waals surface area contributed by atoms with Gasteiger partial charge in [0.25, 0.3) is 5.69 Å². The van der Waals surface area contributed by atoms with Gasteiger partial charge in [-0.2, -0.15) is 0 Å². The molecule has 1 aromatic rings. The lowest BCUT2D eigenvalue weighted by atomic mass is 10.1. The van der Waals surface area contributed by atoms with E-state index in [4.69, 9.17) is 11.6 Å². The summed E-state index contributed by atoms with van der Waals surface area (Å²) in [5.41, 5.74) is 0.914. The van der Waals surface area contributed by atoms with Gasteiger partial charge < -0.3 is 5.32 Å². The standard InChI is InChI=1S/C12H16ClN3O2.ClH/c1-9-7-15(5-4-14-9)8-10-2-3-11(13)12(6-10)16(17)18;/h2-3,6,9,14H,4-5,7-8H2,1H3;1H. The van der Waals surface area contributed by atoms with Crippen LogP contribution in [0.5, 0.6) is 0 Å². The maximum atomic E-state index is 10.8. The number of halogens is 2. The van der Waals surface area contributed by atoms with Crippen molar-refractivity contribution in [2.45, 2.75) is 19.5 Å². The smallest absolute Gasteiger partial charge is 0.288 e. The fraction of sp³-hybridized carbons (Fsp3) is 0.500. The van der Waals surface area contributed by atoms with Crippen LogP contribution in [0.25, 0.3) is 0 Å². The Labute approximate surface area is 123 Å². The second kappa shape index (κ2) is 7.05. The maximum absolute atomic E-state index is 10.8. The second-order valence-corrected chi connectivity index (χ2v) is 5.04. The van der Waals surface area contributed by atoms with E-state index in [0.717, 1.165) is 31.7 Å². The van der Waals surface area contributed by atoms with Gasteiger partial charge in [0.2, 0.25) is 0 Å². The van der Waals surface area contributed by atoms with Crippen LogP contribution in [-0.4, -0.2) is 35.5 Å². The van der Waals surface area contributed by atoms with Crippen molar-refractivity contribution in [1.29, 1.82) is 0 Å². The highest BCUT2D eigenvalue weighted by Gasteiger charge is 2.18. The Bertz CT molecular complexity index is 457. The van der Waals surface area contributed by atoms with E-state index >= 15 is 0 Å². The fourth-order valence-corrected chi connectivity index (χ4v) is 2.40. The molecule has 1 heterocycles. The zero-order valence-corrected chi connectivity index (χ0v) is 12.2. The molecule has 1 aromatic carbocycles. The predicted molar refractivity (Wildman–Crippen MR) is 78.1 cm³/mol. The molecule has 1 N–H and O–H groups in total. The number of benzene rings is 1. The van der Waals surface area contributed by atoms with Crippen molar-refractivity contribution in [3.63, 3.8) is 0 Å². The predicted octanol–water partition coefficient (Wildman–Crippen LogP) is 2.46. The molecule has 0 aliphatic carbocycles. The molecule has 1 unspecified atom stereocenters. The van der Waals surface area contributed by atoms with E-state index in [1.54, 1.807) is 12.1 Å². The Hall–Kier alpha value is -0.880. The summed E-state index contributed by atoms with van der Waals surface area (Å²) in [6.45, 7) is 5.73. The third-order valence-electron chi connectivity index (χ3n) is 3.07. The molecule has 19 heavy (non-hydrogen) atoms. The van der Waals surface area contributed by atoms with Crippen molar-refractivity contribution in [2.75, 3.05) is 19.6 Å². The molecule has 1 aliphatic rings. The van der Waals surface area contributed by atoms with Gasteiger partial charge in [-0.05, 0) is 18.6 Å². The topological polar surface area (TPSA) is 58.4 Å². The number of nitrogens with zero attached hydrogens (tertiary/aromatic N) is 2. The Morgan fingerprint density at radius 3 is 2.95 bits per heavy atom. The van der Waals surface area contributed by atoms with Crippen molar-refractivity contribution in [3.05, 3.63) is 38.9 Å². The van der Waals surface area contributed by atoms with Gasteiger partial charge in [0.15, 0.2) is 0 Å². The summed E-state index contributed by atoms with van der Waals surface area (Å²) < 4.78 is 0. The Balaban J connectivity index is 0.00000180. The van der Waals surface area contributed by atoms with Gasteiger partial charge in [0.05, 0.1) is 4.92 Å². The van der Waals surface area contributed by atoms with Crippen molar-refractivity contribution >= 4 is 29.7 Å². The average Bonchev–Trinajstić information content (AvgIpc) is 2.31. The Morgan fingerprint density at radius 1 is 1.58 bits per heavy atom. The van der Waals surface area contributed by atoms with Gasteiger partial charge in [0, 0.05) is 38.3 Å². The summed E-state index contributed by atoms with van der Waals surface area (Å²) in [5, 5.41) is 14.4. The molecule has 1 saturated heterocycles. The Morgan fingerprint density at radius 2 is 2.32 bits per heavy atom. The zero-order chi connectivity index (χ0) is 13.1. The van der Waals surface area contributed by atoms with Crippen LogP contribution in [0.1, 0.15) is 12.5 Å². The van der Waals surface area contributed by atoms with Crippen LogP contribution in [0.2, 0.25) is 5.02 Å². The summed E-state index contributed by atoms with van der Waals surface area (Å²) in [6, 6.07) is 5.47. The lowest BCUT2D eigenvalue weighted by Crippen LogP contribution is -2.48. The first kappa shape index (κ1) is 16.2. The molecule has 0 amide bonds. The normalized spacial score (nSPS) is 19.8. The minimum Gasteiger partial charge on any atom is -0.312 e. The van der Waals surface area contributed by atoms with Gasteiger partial charge in [-0.15, -0.1) is 12.4 Å². The minimum absolute atomic E-state index is 0. The number of nitro groups is 1. The molecule has 0 bridgehead atoms. The molecule has 0 saturated carbocycles. The van der Waals surface area contributed by atoms with Crippen molar-refractivity contribution in [3.8, 4) is 0 Å². The summed E-state index contributed by atoms with van der Waals surface area (Å²) in [7, 11) is 0. The number of nitro benzene ring substituents is 1. The molecule has 1 atom stereocenters. The molecular formula is C12H17Cl2N3O2. The maximum Gasteiger partial charge on any atom is 0.288 e. The number of rotatable bonds is 3. The van der Waals surface area contributed by atoms with E-state index in [2.05, 4.69) is 17.1 Å². The van der Waals surface area contributed by atoms with Gasteiger partial charge >= 0.3 is 0 Å². The average molecular weight is 306 g/mol. The van der Waals surface area contributed by atoms with Crippen molar-refractivity contribution in [1.82, 2.24) is 10.2 Å². The minimum atomic E-state index is -0.438. The largest absolute Gasteiger partial charge is 0.312 e. The molecule has 0 spiro atoms. The molecule has 0 aromatic heterocycles. The third-order valence-corrected chi connectivity index (χ3v) is 3.39. The molecule has 5 nitrogen and oxygen atoms in total. The molecule has 7 heteroatoms. The van der Waals surface area contributed by atoms with Crippen LogP contribution in [0, 0.1) is 10.1 Å². The third kappa shape index (κ3) is 4.31. The fourth-order valence-electron chi connectivity index (χ4n) is 2.21. The zero-order valence-electron chi connectivity index (χ0n) is 10.6. The van der Waals surface area contributed by atoms with E-state index in [0.29, 0.717) is 6.04 Å². The lowest BCUT2D eigenvalue weighted by Gasteiger charge is -2.31. The quantitative estimate of drug-likeness (QED) is 0.688. The van der Waals surface area contributed by atoms with Crippen molar-refractivity contribution in [2.24, 2.45) is 0 Å². The first-order valence-electron chi connectivity index (χ1n) is 5.95. The van der Waals surface area contributed by atoms with Crippen LogP contribution in [0.4, 0.5) is 5.69 Å². The first-order valence-corrected chi connectivity index (χ1v) is 6.32. The van der Waals surface area contributed by atoms with Crippen LogP contribution < -0.4 is 5.32 Å². The molecule has 1 fully saturated rings. The van der Waals surface area contributed by atoms with E-state index in [9.17, 15) is 10.1 Å². The number of hydrogen-bond donors (Lipinski definition) is 1. The van der Waals surface area contributed by atoms with Crippen LogP contribution in [0.15, 0.2) is 18.2 Å². The van der Waals surface area contributed by atoms with E-state index in [-0.39, 0.29) is 23.1 Å². The summed E-state index contributed by atoms with van der Waals surface area (Å²) >= 11 is 5.79. The SMILES string of the molecule is CC1CN(Cc2ccc(Cl)c([N+](=O)[O-])c2)CCN1.Cl. The van der Waals surface area contributed by atoms with Gasteiger partial charge in [-0.25, -0.2) is 0 Å². The summed E-state index contributed by atoms with van der Waals surface area (Å²) in [6.07, 6.45) is 0. The number of nitrogens with one attached hydrogen (secondary N) is 1. The lowest BCUT2D eigenvalue weighted by molar-refractivity contribution is -0.384. The van der Waals surface area contributed by atoms with Crippen molar-refractivity contribution < 1.29 is 4.92 Å². The first-order chi connectivity index (χ1) is 8.56. The summed E-state index contributed by atoms with van der Waals surface area (Å²) in [4.78, 5) is 12.7. The molecular weight excluding hydrogens is 289 g/mol. The number of piperazine rings is 1. The monoisotopic (exact) mass is 305 g/mol. The Kier molecular flexibility index (Phi) is 6.00. The number of hydrogen-bond acceptors (Lipinski definition) is 4. The van der Waals surface area contributed by atoms with Gasteiger partial charge in [-0.3, -0.25) is 15.0 Å². The van der Waals surface area contributed by atoms with Crippen LogP contribution in [-0.2, 0) is 6.54 Å². The molecule has 1 aliphatic heterocycles. The van der Waals surface area contributed by atoms with Crippen LogP contribution in [0.3, 0.4) is 0 Å². The molecule has 0 radical (unpaired) electrons. The van der Waals surface area contributed by atoms with Gasteiger partial charge in [0.1, 0.15) is 5.02 Å². The highest BCUT2D eigenvalue weighted by molar-refractivity contribution is 6.32. The van der Waals surface area contributed by atoms with E-state index in [1.165, 1.54) is 0 Å². The van der Waals surface area contributed by atoms with Crippen LogP contribution >= 0.6 is 24.0 Å².